The Morgan fingerprint density at radius 3 is 2.41 bits per heavy atom. The van der Waals surface area contributed by atoms with E-state index in [0.717, 1.165) is 42.2 Å². The maximum Gasteiger partial charge on any atom is 0.258 e. The van der Waals surface area contributed by atoms with Crippen molar-refractivity contribution in [3.63, 3.8) is 0 Å². The van der Waals surface area contributed by atoms with E-state index in [9.17, 15) is 9.59 Å². The molecule has 4 aromatic carbocycles. The van der Waals surface area contributed by atoms with Crippen LogP contribution in [0.25, 0.3) is 11.3 Å². The van der Waals surface area contributed by atoms with E-state index in [4.69, 9.17) is 4.74 Å². The number of hydrogen-bond acceptors (Lipinski definition) is 5. The summed E-state index contributed by atoms with van der Waals surface area (Å²) in [5.74, 6) is 0.341. The van der Waals surface area contributed by atoms with Crippen molar-refractivity contribution in [1.29, 1.82) is 0 Å². The van der Waals surface area contributed by atoms with Crippen molar-refractivity contribution in [1.82, 2.24) is 10.2 Å². The van der Waals surface area contributed by atoms with Gasteiger partial charge >= 0.3 is 0 Å². The zero-order valence-electron chi connectivity index (χ0n) is 25.2. The SMILES string of the molecule is COc1ccc([C@@H](C)NC(=O)c2ccc3c(c2)C(=C(Nc2cccc(CN4CCCCC4)c2)c2ccccc2)C(=O)N3)cc1. The Labute approximate surface area is 258 Å². The van der Waals surface area contributed by atoms with Gasteiger partial charge in [-0.25, -0.2) is 0 Å². The van der Waals surface area contributed by atoms with E-state index < -0.39 is 0 Å². The number of anilines is 2. The van der Waals surface area contributed by atoms with Crippen LogP contribution in [0.3, 0.4) is 0 Å². The zero-order valence-corrected chi connectivity index (χ0v) is 25.2. The van der Waals surface area contributed by atoms with E-state index >= 15 is 0 Å². The number of likely N-dealkylation sites (tertiary alicyclic amines) is 1. The number of nitrogens with one attached hydrogen (secondary N) is 3. The number of hydrogen-bond donors (Lipinski definition) is 3. The third-order valence-corrected chi connectivity index (χ3v) is 8.35. The zero-order chi connectivity index (χ0) is 30.5. The van der Waals surface area contributed by atoms with Gasteiger partial charge < -0.3 is 20.7 Å². The molecule has 0 saturated carbocycles. The van der Waals surface area contributed by atoms with Crippen molar-refractivity contribution in [2.24, 2.45) is 0 Å². The molecule has 0 bridgehead atoms. The van der Waals surface area contributed by atoms with Gasteiger partial charge in [0, 0.05) is 29.0 Å². The van der Waals surface area contributed by atoms with Gasteiger partial charge in [0.1, 0.15) is 5.75 Å². The van der Waals surface area contributed by atoms with Crippen molar-refractivity contribution >= 4 is 34.5 Å². The third kappa shape index (κ3) is 6.53. The van der Waals surface area contributed by atoms with Gasteiger partial charge in [-0.1, -0.05) is 61.0 Å². The maximum absolute atomic E-state index is 13.5. The lowest BCUT2D eigenvalue weighted by molar-refractivity contribution is -0.110. The lowest BCUT2D eigenvalue weighted by Crippen LogP contribution is -2.29. The average molecular weight is 587 g/mol. The molecule has 2 heterocycles. The van der Waals surface area contributed by atoms with Crippen LogP contribution in [0.2, 0.25) is 0 Å². The standard InChI is InChI=1S/C37H38N4O3/c1-25(27-14-17-31(44-2)18-15-27)38-36(42)29-16-19-33-32(23-29)34(37(43)40-33)35(28-11-5-3-6-12-28)39-30-13-9-10-26(22-30)24-41-20-7-4-8-21-41/h3,5-6,9-19,22-23,25,39H,4,7-8,20-21,24H2,1-2H3,(H,38,42)(H,40,43)/t25-/m1/s1. The lowest BCUT2D eigenvalue weighted by Gasteiger charge is -2.26. The lowest BCUT2D eigenvalue weighted by atomic mass is 9.98. The minimum atomic E-state index is -0.213. The number of carbonyl (C=O) groups excluding carboxylic acids is 2. The Morgan fingerprint density at radius 2 is 1.66 bits per heavy atom. The number of piperidine rings is 1. The van der Waals surface area contributed by atoms with E-state index in [1.165, 1.54) is 24.8 Å². The van der Waals surface area contributed by atoms with Crippen molar-refractivity contribution < 1.29 is 14.3 Å². The fourth-order valence-electron chi connectivity index (χ4n) is 5.96. The van der Waals surface area contributed by atoms with Gasteiger partial charge in [0.2, 0.25) is 0 Å². The number of benzene rings is 4. The summed E-state index contributed by atoms with van der Waals surface area (Å²) < 4.78 is 5.25. The molecule has 6 rings (SSSR count). The molecular formula is C37H38N4O3. The number of methoxy groups -OCH3 is 1. The molecule has 7 heteroatoms. The fourth-order valence-corrected chi connectivity index (χ4v) is 5.96. The van der Waals surface area contributed by atoms with Gasteiger partial charge in [-0.3, -0.25) is 14.5 Å². The van der Waals surface area contributed by atoms with Gasteiger partial charge in [-0.2, -0.15) is 0 Å². The van der Waals surface area contributed by atoms with Crippen molar-refractivity contribution in [2.45, 2.75) is 38.8 Å². The fraction of sp³-hybridized carbons (Fsp3) is 0.243. The maximum atomic E-state index is 13.5. The monoisotopic (exact) mass is 586 g/mol. The highest BCUT2D eigenvalue weighted by Crippen LogP contribution is 2.38. The normalized spacial score (nSPS) is 16.5. The minimum absolute atomic E-state index is 0.208. The van der Waals surface area contributed by atoms with Crippen molar-refractivity contribution in [2.75, 3.05) is 30.8 Å². The van der Waals surface area contributed by atoms with Crippen molar-refractivity contribution in [3.8, 4) is 5.75 Å². The smallest absolute Gasteiger partial charge is 0.258 e. The topological polar surface area (TPSA) is 82.7 Å². The molecule has 3 N–H and O–H groups in total. The molecule has 1 saturated heterocycles. The highest BCUT2D eigenvalue weighted by Gasteiger charge is 2.29. The number of nitrogens with zero attached hydrogens (tertiary/aromatic N) is 1. The summed E-state index contributed by atoms with van der Waals surface area (Å²) in [5.41, 5.74) is 7.05. The molecule has 0 radical (unpaired) electrons. The summed E-state index contributed by atoms with van der Waals surface area (Å²) >= 11 is 0. The number of carbonyl (C=O) groups is 2. The second-order valence-corrected chi connectivity index (χ2v) is 11.5. The van der Waals surface area contributed by atoms with Crippen LogP contribution in [0.5, 0.6) is 5.75 Å². The summed E-state index contributed by atoms with van der Waals surface area (Å²) in [6.07, 6.45) is 3.80. The van der Waals surface area contributed by atoms with Crippen LogP contribution >= 0.6 is 0 Å². The van der Waals surface area contributed by atoms with Gasteiger partial charge in [-0.15, -0.1) is 0 Å². The highest BCUT2D eigenvalue weighted by atomic mass is 16.5. The Kier molecular flexibility index (Phi) is 8.75. The number of rotatable bonds is 9. The molecule has 0 unspecified atom stereocenters. The number of amides is 2. The molecule has 2 amide bonds. The van der Waals surface area contributed by atoms with Crippen LogP contribution in [0, 0.1) is 0 Å². The molecule has 7 nitrogen and oxygen atoms in total. The molecule has 44 heavy (non-hydrogen) atoms. The van der Waals surface area contributed by atoms with Crippen LogP contribution in [0.1, 0.15) is 64.8 Å². The summed E-state index contributed by atoms with van der Waals surface area (Å²) in [7, 11) is 1.63. The van der Waals surface area contributed by atoms with Crippen LogP contribution in [0.15, 0.2) is 97.1 Å². The van der Waals surface area contributed by atoms with Crippen LogP contribution in [0.4, 0.5) is 11.4 Å². The predicted molar refractivity (Wildman–Crippen MR) is 176 cm³/mol. The predicted octanol–water partition coefficient (Wildman–Crippen LogP) is 7.10. The second kappa shape index (κ2) is 13.2. The molecule has 4 aromatic rings. The first-order chi connectivity index (χ1) is 21.5. The van der Waals surface area contributed by atoms with Gasteiger partial charge in [0.25, 0.3) is 11.8 Å². The van der Waals surface area contributed by atoms with Gasteiger partial charge in [0.05, 0.1) is 24.4 Å². The van der Waals surface area contributed by atoms with Crippen molar-refractivity contribution in [3.05, 3.63) is 125 Å². The van der Waals surface area contributed by atoms with E-state index in [0.29, 0.717) is 28.1 Å². The highest BCUT2D eigenvalue weighted by molar-refractivity contribution is 6.37. The van der Waals surface area contributed by atoms with E-state index in [2.05, 4.69) is 39.0 Å². The molecule has 0 aromatic heterocycles. The molecular weight excluding hydrogens is 548 g/mol. The Bertz CT molecular complexity index is 1680. The first-order valence-electron chi connectivity index (χ1n) is 15.3. The molecule has 0 spiro atoms. The van der Waals surface area contributed by atoms with Crippen LogP contribution in [-0.4, -0.2) is 36.9 Å². The summed E-state index contributed by atoms with van der Waals surface area (Å²) in [4.78, 5) is 29.4. The summed E-state index contributed by atoms with van der Waals surface area (Å²) in [6.45, 7) is 5.11. The summed E-state index contributed by atoms with van der Waals surface area (Å²) in [6, 6.07) is 31.0. The Morgan fingerprint density at radius 1 is 0.886 bits per heavy atom. The number of fused-ring (bicyclic) bond motifs is 1. The summed E-state index contributed by atoms with van der Waals surface area (Å²) in [5, 5.41) is 9.68. The minimum Gasteiger partial charge on any atom is -0.497 e. The van der Waals surface area contributed by atoms with Gasteiger partial charge in [0.15, 0.2) is 0 Å². The molecule has 224 valence electrons. The second-order valence-electron chi connectivity index (χ2n) is 11.5. The average Bonchev–Trinajstić information content (AvgIpc) is 3.39. The van der Waals surface area contributed by atoms with E-state index in [1.807, 2.05) is 67.6 Å². The molecule has 1 atom stereocenters. The van der Waals surface area contributed by atoms with E-state index in [-0.39, 0.29) is 17.9 Å². The first-order valence-corrected chi connectivity index (χ1v) is 15.3. The Balaban J connectivity index is 1.31. The molecule has 0 aliphatic carbocycles. The van der Waals surface area contributed by atoms with Crippen LogP contribution < -0.4 is 20.7 Å². The van der Waals surface area contributed by atoms with E-state index in [1.54, 1.807) is 25.3 Å². The molecule has 2 aliphatic heterocycles. The first kappa shape index (κ1) is 29.2. The third-order valence-electron chi connectivity index (χ3n) is 8.35. The molecule has 2 aliphatic rings. The largest absolute Gasteiger partial charge is 0.497 e. The molecule has 1 fully saturated rings. The quantitative estimate of drug-likeness (QED) is 0.182. The Hall–Kier alpha value is -4.88. The number of ether oxygens (including phenoxy) is 1. The van der Waals surface area contributed by atoms with Gasteiger partial charge in [-0.05, 0) is 92.0 Å². The van der Waals surface area contributed by atoms with Crippen LogP contribution in [-0.2, 0) is 11.3 Å².